The van der Waals surface area contributed by atoms with E-state index in [-0.39, 0.29) is 19.1 Å². The van der Waals surface area contributed by atoms with Crippen LogP contribution in [0.1, 0.15) is 20.3 Å². The van der Waals surface area contributed by atoms with Crippen LogP contribution < -0.4 is 0 Å². The molecule has 0 bridgehead atoms. The van der Waals surface area contributed by atoms with E-state index >= 15 is 0 Å². The van der Waals surface area contributed by atoms with E-state index in [9.17, 15) is 8.78 Å². The molecule has 1 unspecified atom stereocenters. The van der Waals surface area contributed by atoms with Crippen LogP contribution in [-0.4, -0.2) is 43.2 Å². The molecule has 1 saturated heterocycles. The molecule has 0 spiro atoms. The molecule has 1 aliphatic heterocycles. The number of hydrogen-bond acceptors (Lipinski definition) is 2. The van der Waals surface area contributed by atoms with E-state index in [4.69, 9.17) is 4.74 Å². The minimum atomic E-state index is -2.58. The van der Waals surface area contributed by atoms with Crippen LogP contribution in [0.15, 0.2) is 0 Å². The monoisotopic (exact) mass is 193 g/mol. The van der Waals surface area contributed by atoms with Crippen molar-refractivity contribution >= 4 is 0 Å². The number of halogens is 2. The van der Waals surface area contributed by atoms with Crippen LogP contribution >= 0.6 is 0 Å². The van der Waals surface area contributed by atoms with Crippen molar-refractivity contribution in [2.45, 2.75) is 38.3 Å². The van der Waals surface area contributed by atoms with Crippen molar-refractivity contribution in [2.75, 3.05) is 20.2 Å². The minimum absolute atomic E-state index is 0.0183. The average Bonchev–Trinajstić information content (AvgIpc) is 2.23. The summed E-state index contributed by atoms with van der Waals surface area (Å²) in [7, 11) is 1.72. The van der Waals surface area contributed by atoms with Crippen molar-refractivity contribution in [1.82, 2.24) is 4.90 Å². The zero-order valence-electron chi connectivity index (χ0n) is 8.39. The van der Waals surface area contributed by atoms with Crippen LogP contribution in [0, 0.1) is 0 Å². The third kappa shape index (κ3) is 2.61. The number of ether oxygens (including phenoxy) is 1. The van der Waals surface area contributed by atoms with Gasteiger partial charge >= 0.3 is 0 Å². The van der Waals surface area contributed by atoms with Crippen molar-refractivity contribution in [3.05, 3.63) is 0 Å². The lowest BCUT2D eigenvalue weighted by Crippen LogP contribution is -2.41. The Balaban J connectivity index is 2.46. The van der Waals surface area contributed by atoms with Crippen molar-refractivity contribution in [1.29, 1.82) is 0 Å². The molecule has 78 valence electrons. The van der Waals surface area contributed by atoms with Gasteiger partial charge in [-0.3, -0.25) is 4.90 Å². The Kier molecular flexibility index (Phi) is 3.24. The van der Waals surface area contributed by atoms with E-state index in [1.165, 1.54) is 0 Å². The summed E-state index contributed by atoms with van der Waals surface area (Å²) in [5.41, 5.74) is 0. The Morgan fingerprint density at radius 2 is 2.15 bits per heavy atom. The molecule has 0 radical (unpaired) electrons. The Morgan fingerprint density at radius 1 is 1.54 bits per heavy atom. The molecule has 0 N–H and O–H groups in total. The number of likely N-dealkylation sites (N-methyl/N-ethyl adjacent to an activating group) is 1. The fraction of sp³-hybridized carbons (Fsp3) is 1.00. The summed E-state index contributed by atoms with van der Waals surface area (Å²) in [6.07, 6.45) is -0.0277. The summed E-state index contributed by atoms with van der Waals surface area (Å²) in [5, 5.41) is 0. The van der Waals surface area contributed by atoms with Gasteiger partial charge in [-0.1, -0.05) is 0 Å². The quantitative estimate of drug-likeness (QED) is 0.677. The normalized spacial score (nSPS) is 28.6. The Hall–Kier alpha value is -0.220. The maximum atomic E-state index is 13.2. The summed E-state index contributed by atoms with van der Waals surface area (Å²) in [5.74, 6) is -2.58. The van der Waals surface area contributed by atoms with Gasteiger partial charge in [0.1, 0.15) is 0 Å². The van der Waals surface area contributed by atoms with E-state index in [2.05, 4.69) is 0 Å². The third-order valence-electron chi connectivity index (χ3n) is 2.40. The first kappa shape index (κ1) is 10.9. The smallest absolute Gasteiger partial charge is 0.266 e. The predicted octanol–water partition coefficient (Wildman–Crippen LogP) is 1.75. The Morgan fingerprint density at radius 3 is 2.54 bits per heavy atom. The highest BCUT2D eigenvalue weighted by Crippen LogP contribution is 2.32. The lowest BCUT2D eigenvalue weighted by Gasteiger charge is -2.24. The van der Waals surface area contributed by atoms with E-state index in [1.807, 2.05) is 13.8 Å². The number of nitrogens with zero attached hydrogens (tertiary/aromatic N) is 1. The van der Waals surface area contributed by atoms with Gasteiger partial charge in [0.15, 0.2) is 0 Å². The first-order chi connectivity index (χ1) is 5.93. The topological polar surface area (TPSA) is 12.5 Å². The minimum Gasteiger partial charge on any atom is -0.377 e. The van der Waals surface area contributed by atoms with Gasteiger partial charge in [-0.05, 0) is 20.9 Å². The largest absolute Gasteiger partial charge is 0.377 e. The number of rotatable bonds is 3. The molecule has 0 aliphatic carbocycles. The van der Waals surface area contributed by atoms with Crippen LogP contribution in [0.5, 0.6) is 0 Å². The lowest BCUT2D eigenvalue weighted by molar-refractivity contribution is -0.0697. The van der Waals surface area contributed by atoms with Gasteiger partial charge in [-0.2, -0.15) is 0 Å². The molecule has 0 amide bonds. The van der Waals surface area contributed by atoms with Crippen LogP contribution in [-0.2, 0) is 4.74 Å². The maximum absolute atomic E-state index is 13.2. The van der Waals surface area contributed by atoms with E-state index in [1.54, 1.807) is 11.9 Å². The van der Waals surface area contributed by atoms with E-state index in [0.717, 1.165) is 0 Å². The van der Waals surface area contributed by atoms with Crippen LogP contribution in [0.4, 0.5) is 8.78 Å². The number of likely N-dealkylation sites (tertiary alicyclic amines) is 1. The van der Waals surface area contributed by atoms with Crippen molar-refractivity contribution in [2.24, 2.45) is 0 Å². The summed E-state index contributed by atoms with van der Waals surface area (Å²) >= 11 is 0. The second kappa shape index (κ2) is 3.88. The fourth-order valence-electron chi connectivity index (χ4n) is 1.50. The Labute approximate surface area is 77.9 Å². The fourth-order valence-corrected chi connectivity index (χ4v) is 1.50. The summed E-state index contributed by atoms with van der Waals surface area (Å²) in [6.45, 7) is 4.29. The van der Waals surface area contributed by atoms with Crippen molar-refractivity contribution in [3.63, 3.8) is 0 Å². The van der Waals surface area contributed by atoms with Crippen LogP contribution in [0.25, 0.3) is 0 Å². The summed E-state index contributed by atoms with van der Waals surface area (Å²) in [6, 6.07) is -0.741. The van der Waals surface area contributed by atoms with E-state index < -0.39 is 12.0 Å². The number of alkyl halides is 2. The zero-order chi connectivity index (χ0) is 10.1. The van der Waals surface area contributed by atoms with Gasteiger partial charge in [0.05, 0.1) is 18.8 Å². The highest BCUT2D eigenvalue weighted by Gasteiger charge is 2.47. The highest BCUT2D eigenvalue weighted by molar-refractivity contribution is 4.91. The van der Waals surface area contributed by atoms with Gasteiger partial charge in [0.25, 0.3) is 5.92 Å². The van der Waals surface area contributed by atoms with Crippen LogP contribution in [0.3, 0.4) is 0 Å². The van der Waals surface area contributed by atoms with Crippen molar-refractivity contribution < 1.29 is 13.5 Å². The molecule has 1 atom stereocenters. The molecule has 0 aromatic carbocycles. The van der Waals surface area contributed by atoms with Gasteiger partial charge in [-0.25, -0.2) is 8.78 Å². The molecular weight excluding hydrogens is 176 g/mol. The second-order valence-electron chi connectivity index (χ2n) is 3.89. The predicted molar refractivity (Wildman–Crippen MR) is 47.1 cm³/mol. The molecule has 1 fully saturated rings. The maximum Gasteiger partial charge on any atom is 0.266 e. The first-order valence-electron chi connectivity index (χ1n) is 4.63. The summed E-state index contributed by atoms with van der Waals surface area (Å²) < 4.78 is 31.6. The zero-order valence-corrected chi connectivity index (χ0v) is 8.39. The molecule has 1 heterocycles. The Bertz CT molecular complexity index is 173. The molecule has 0 saturated carbocycles. The average molecular weight is 193 g/mol. The lowest BCUT2D eigenvalue weighted by atomic mass is 10.1. The van der Waals surface area contributed by atoms with Crippen molar-refractivity contribution in [3.8, 4) is 0 Å². The molecule has 2 nitrogen and oxygen atoms in total. The van der Waals surface area contributed by atoms with Gasteiger partial charge in [0, 0.05) is 13.0 Å². The molecule has 0 aromatic rings. The molecule has 1 rings (SSSR count). The SMILES string of the molecule is CC(C)OCC1N(C)CCC1(F)F. The van der Waals surface area contributed by atoms with Crippen LogP contribution in [0.2, 0.25) is 0 Å². The molecule has 13 heavy (non-hydrogen) atoms. The van der Waals surface area contributed by atoms with Gasteiger partial charge in [-0.15, -0.1) is 0 Å². The second-order valence-corrected chi connectivity index (χ2v) is 3.89. The molecule has 0 aromatic heterocycles. The first-order valence-corrected chi connectivity index (χ1v) is 4.63. The summed E-state index contributed by atoms with van der Waals surface area (Å²) in [4.78, 5) is 1.67. The molecular formula is C9H17F2NO. The third-order valence-corrected chi connectivity index (χ3v) is 2.40. The van der Waals surface area contributed by atoms with Gasteiger partial charge in [0.2, 0.25) is 0 Å². The highest BCUT2D eigenvalue weighted by atomic mass is 19.3. The molecule has 4 heteroatoms. The van der Waals surface area contributed by atoms with E-state index in [0.29, 0.717) is 6.54 Å². The molecule has 1 aliphatic rings. The standard InChI is InChI=1S/C9H17F2NO/c1-7(2)13-6-8-9(10,11)4-5-12(8)3/h7-8H,4-6H2,1-3H3. The van der Waals surface area contributed by atoms with Gasteiger partial charge < -0.3 is 4.74 Å². The number of hydrogen-bond donors (Lipinski definition) is 0.